The van der Waals surface area contributed by atoms with Gasteiger partial charge in [-0.15, -0.1) is 0 Å². The molecule has 2 aromatic carbocycles. The van der Waals surface area contributed by atoms with Crippen molar-refractivity contribution in [2.24, 2.45) is 0 Å². The lowest BCUT2D eigenvalue weighted by molar-refractivity contribution is 0.305. The predicted molar refractivity (Wildman–Crippen MR) is 80.8 cm³/mol. The van der Waals surface area contributed by atoms with Crippen LogP contribution >= 0.6 is 11.6 Å². The minimum Gasteiger partial charge on any atom is -0.489 e. The van der Waals surface area contributed by atoms with Gasteiger partial charge in [0.1, 0.15) is 18.2 Å². The molecule has 108 valence electrons. The van der Waals surface area contributed by atoms with Crippen molar-refractivity contribution in [1.82, 2.24) is 0 Å². The highest BCUT2D eigenvalue weighted by Gasteiger charge is 2.02. The summed E-state index contributed by atoms with van der Waals surface area (Å²) in [6.07, 6.45) is 0.453. The summed E-state index contributed by atoms with van der Waals surface area (Å²) in [7, 11) is 0. The number of aliphatic hydroxyl groups excluding tert-OH is 1. The molecule has 0 saturated carbocycles. The van der Waals surface area contributed by atoms with Gasteiger partial charge in [0, 0.05) is 18.1 Å². The number of hydrogen-bond donors (Lipinski definition) is 1. The van der Waals surface area contributed by atoms with Crippen molar-refractivity contribution in [1.29, 1.82) is 0 Å². The van der Waals surface area contributed by atoms with Crippen molar-refractivity contribution in [2.75, 3.05) is 6.61 Å². The van der Waals surface area contributed by atoms with Gasteiger partial charge in [0.15, 0.2) is 0 Å². The average Bonchev–Trinajstić information content (AvgIpc) is 2.49. The van der Waals surface area contributed by atoms with Crippen molar-refractivity contribution < 1.29 is 14.2 Å². The van der Waals surface area contributed by atoms with Gasteiger partial charge in [0.2, 0.25) is 0 Å². The zero-order chi connectivity index (χ0) is 15.1. The summed E-state index contributed by atoms with van der Waals surface area (Å²) < 4.78 is 18.6. The van der Waals surface area contributed by atoms with Gasteiger partial charge in [0.05, 0.1) is 11.6 Å². The quantitative estimate of drug-likeness (QED) is 0.871. The molecule has 0 radical (unpaired) electrons. The second kappa shape index (κ2) is 7.68. The number of hydrogen-bond acceptors (Lipinski definition) is 2. The Labute approximate surface area is 128 Å². The first-order chi connectivity index (χ1) is 10.2. The van der Waals surface area contributed by atoms with Gasteiger partial charge in [-0.05, 0) is 29.8 Å². The van der Waals surface area contributed by atoms with Crippen LogP contribution in [0.4, 0.5) is 4.39 Å². The fourth-order valence-electron chi connectivity index (χ4n) is 1.69. The molecular weight excluding hydrogens is 291 g/mol. The van der Waals surface area contributed by atoms with Crippen molar-refractivity contribution >= 4 is 11.6 Å². The van der Waals surface area contributed by atoms with Crippen molar-refractivity contribution in [3.05, 3.63) is 64.4 Å². The molecule has 0 bridgehead atoms. The largest absolute Gasteiger partial charge is 0.489 e. The Hall–Kier alpha value is -2.02. The van der Waals surface area contributed by atoms with Gasteiger partial charge < -0.3 is 9.84 Å². The number of halogens is 2. The minimum atomic E-state index is -0.467. The summed E-state index contributed by atoms with van der Waals surface area (Å²) in [5, 5.41) is 8.73. The Morgan fingerprint density at radius 1 is 1.19 bits per heavy atom. The highest BCUT2D eigenvalue weighted by Crippen LogP contribution is 2.22. The Morgan fingerprint density at radius 3 is 2.81 bits per heavy atom. The van der Waals surface area contributed by atoms with E-state index in [1.165, 1.54) is 18.2 Å². The first-order valence-corrected chi connectivity index (χ1v) is 6.83. The molecule has 2 aromatic rings. The molecule has 0 aliphatic heterocycles. The number of benzene rings is 2. The van der Waals surface area contributed by atoms with Crippen LogP contribution in [0.5, 0.6) is 5.75 Å². The molecule has 2 rings (SSSR count). The van der Waals surface area contributed by atoms with Crippen molar-refractivity contribution in [2.45, 2.75) is 13.0 Å². The zero-order valence-electron chi connectivity index (χ0n) is 11.3. The summed E-state index contributed by atoms with van der Waals surface area (Å²) in [5.74, 6) is 5.88. The molecule has 0 unspecified atom stereocenters. The molecule has 0 heterocycles. The molecular formula is C17H14ClFO2. The lowest BCUT2D eigenvalue weighted by atomic mass is 10.1. The van der Waals surface area contributed by atoms with Gasteiger partial charge in [-0.3, -0.25) is 0 Å². The SMILES string of the molecule is OCCC#Cc1cccc(COc2ccc(F)c(Cl)c2)c1. The number of aliphatic hydroxyl groups is 1. The van der Waals surface area contributed by atoms with E-state index in [2.05, 4.69) is 11.8 Å². The maximum Gasteiger partial charge on any atom is 0.142 e. The molecule has 0 spiro atoms. The first kappa shape index (κ1) is 15.4. The molecule has 1 N–H and O–H groups in total. The van der Waals surface area contributed by atoms with E-state index in [1.807, 2.05) is 24.3 Å². The molecule has 0 atom stereocenters. The van der Waals surface area contributed by atoms with Crippen LogP contribution in [-0.4, -0.2) is 11.7 Å². The lowest BCUT2D eigenvalue weighted by Crippen LogP contribution is -1.96. The molecule has 21 heavy (non-hydrogen) atoms. The molecule has 0 amide bonds. The van der Waals surface area contributed by atoms with E-state index in [-0.39, 0.29) is 11.6 Å². The van der Waals surface area contributed by atoms with Crippen molar-refractivity contribution in [3.8, 4) is 17.6 Å². The normalized spacial score (nSPS) is 9.86. The van der Waals surface area contributed by atoms with Gasteiger partial charge in [-0.25, -0.2) is 4.39 Å². The third-order valence-corrected chi connectivity index (χ3v) is 2.98. The van der Waals surface area contributed by atoms with Gasteiger partial charge in [-0.1, -0.05) is 35.6 Å². The van der Waals surface area contributed by atoms with Gasteiger partial charge >= 0.3 is 0 Å². The number of ether oxygens (including phenoxy) is 1. The van der Waals surface area contributed by atoms with E-state index in [1.54, 1.807) is 0 Å². The molecule has 0 aliphatic carbocycles. The molecule has 0 fully saturated rings. The van der Waals surface area contributed by atoms with Gasteiger partial charge in [0.25, 0.3) is 0 Å². The fourth-order valence-corrected chi connectivity index (χ4v) is 1.86. The fraction of sp³-hybridized carbons (Fsp3) is 0.176. The van der Waals surface area contributed by atoms with E-state index in [9.17, 15) is 4.39 Å². The second-order valence-electron chi connectivity index (χ2n) is 4.34. The zero-order valence-corrected chi connectivity index (χ0v) is 12.0. The standard InChI is InChI=1S/C17H14ClFO2/c18-16-11-15(7-8-17(16)19)21-12-14-6-3-5-13(10-14)4-1-2-9-20/h3,5-8,10-11,20H,2,9,12H2. The topological polar surface area (TPSA) is 29.5 Å². The Morgan fingerprint density at radius 2 is 2.05 bits per heavy atom. The molecule has 0 aromatic heterocycles. The average molecular weight is 305 g/mol. The Bertz CT molecular complexity index is 674. The highest BCUT2D eigenvalue weighted by atomic mass is 35.5. The first-order valence-electron chi connectivity index (χ1n) is 6.45. The van der Waals surface area contributed by atoms with E-state index < -0.39 is 5.82 Å². The minimum absolute atomic E-state index is 0.0381. The summed E-state index contributed by atoms with van der Waals surface area (Å²) >= 11 is 5.70. The highest BCUT2D eigenvalue weighted by molar-refractivity contribution is 6.30. The summed E-state index contributed by atoms with van der Waals surface area (Å²) in [6, 6.07) is 11.9. The van der Waals surface area contributed by atoms with Crippen LogP contribution in [-0.2, 0) is 6.61 Å². The maximum atomic E-state index is 13.0. The Balaban J connectivity index is 2.01. The van der Waals surface area contributed by atoms with E-state index in [0.717, 1.165) is 11.1 Å². The maximum absolute atomic E-state index is 13.0. The van der Waals surface area contributed by atoms with E-state index >= 15 is 0 Å². The predicted octanol–water partition coefficient (Wildman–Crippen LogP) is 3.79. The molecule has 4 heteroatoms. The summed E-state index contributed by atoms with van der Waals surface area (Å²) in [5.41, 5.74) is 1.81. The molecule has 0 aliphatic rings. The van der Waals surface area contributed by atoms with Crippen LogP contribution in [0.25, 0.3) is 0 Å². The monoisotopic (exact) mass is 304 g/mol. The molecule has 2 nitrogen and oxygen atoms in total. The van der Waals surface area contributed by atoms with Crippen LogP contribution in [0.15, 0.2) is 42.5 Å². The van der Waals surface area contributed by atoms with Crippen molar-refractivity contribution in [3.63, 3.8) is 0 Å². The van der Waals surface area contributed by atoms with Crippen LogP contribution in [0.2, 0.25) is 5.02 Å². The third-order valence-electron chi connectivity index (χ3n) is 2.69. The molecule has 0 saturated heterocycles. The van der Waals surface area contributed by atoms with Crippen LogP contribution in [0.1, 0.15) is 17.5 Å². The lowest BCUT2D eigenvalue weighted by Gasteiger charge is -2.07. The van der Waals surface area contributed by atoms with Crippen LogP contribution < -0.4 is 4.74 Å². The van der Waals surface area contributed by atoms with E-state index in [4.69, 9.17) is 21.4 Å². The second-order valence-corrected chi connectivity index (χ2v) is 4.75. The van der Waals surface area contributed by atoms with E-state index in [0.29, 0.717) is 18.8 Å². The van der Waals surface area contributed by atoms with Crippen LogP contribution in [0, 0.1) is 17.7 Å². The smallest absolute Gasteiger partial charge is 0.142 e. The Kier molecular flexibility index (Phi) is 5.62. The number of rotatable bonds is 4. The summed E-state index contributed by atoms with van der Waals surface area (Å²) in [6.45, 7) is 0.401. The van der Waals surface area contributed by atoms with Gasteiger partial charge in [-0.2, -0.15) is 0 Å². The summed E-state index contributed by atoms with van der Waals surface area (Å²) in [4.78, 5) is 0. The van der Waals surface area contributed by atoms with Crippen LogP contribution in [0.3, 0.4) is 0 Å². The third kappa shape index (κ3) is 4.78.